The minimum atomic E-state index is -2.43. The lowest BCUT2D eigenvalue weighted by molar-refractivity contribution is 0.154. The smallest absolute Gasteiger partial charge is 0.255 e. The van der Waals surface area contributed by atoms with Gasteiger partial charge in [0.2, 0.25) is 0 Å². The van der Waals surface area contributed by atoms with Crippen LogP contribution in [0.15, 0.2) is 18.3 Å². The Hall–Kier alpha value is -1.43. The predicted molar refractivity (Wildman–Crippen MR) is 58.1 cm³/mol. The lowest BCUT2D eigenvalue weighted by Gasteiger charge is -2.23. The normalized spacial score (nSPS) is 10.6. The molecule has 0 saturated heterocycles. The predicted octanol–water partition coefficient (Wildman–Crippen LogP) is 1.12. The number of anilines is 1. The summed E-state index contributed by atoms with van der Waals surface area (Å²) in [6, 6.07) is 3.36. The molecule has 0 aliphatic heterocycles. The molecule has 0 aliphatic carbocycles. The van der Waals surface area contributed by atoms with Crippen molar-refractivity contribution < 1.29 is 13.5 Å². The molecule has 90 valence electrons. The van der Waals surface area contributed by atoms with Gasteiger partial charge in [-0.1, -0.05) is 0 Å². The quantitative estimate of drug-likeness (QED) is 0.797. The van der Waals surface area contributed by atoms with Crippen LogP contribution in [0.4, 0.5) is 14.6 Å². The number of methoxy groups -OCH3 is 1. The van der Waals surface area contributed by atoms with E-state index in [0.717, 1.165) is 0 Å². The Morgan fingerprint density at radius 1 is 1.56 bits per heavy atom. The zero-order chi connectivity index (χ0) is 12.0. The summed E-state index contributed by atoms with van der Waals surface area (Å²) < 4.78 is 29.8. The van der Waals surface area contributed by atoms with E-state index >= 15 is 0 Å². The van der Waals surface area contributed by atoms with Gasteiger partial charge in [-0.2, -0.15) is 0 Å². The topological polar surface area (TPSA) is 51.4 Å². The van der Waals surface area contributed by atoms with Gasteiger partial charge in [0.25, 0.3) is 6.43 Å². The van der Waals surface area contributed by atoms with Gasteiger partial charge >= 0.3 is 0 Å². The molecule has 0 unspecified atom stereocenters. The maximum Gasteiger partial charge on any atom is 0.255 e. The summed E-state index contributed by atoms with van der Waals surface area (Å²) in [4.78, 5) is 5.45. The number of rotatable bonds is 6. The summed E-state index contributed by atoms with van der Waals surface area (Å²) in [5, 5.41) is 0. The van der Waals surface area contributed by atoms with Crippen molar-refractivity contribution in [1.82, 2.24) is 4.98 Å². The van der Waals surface area contributed by atoms with Gasteiger partial charge in [0.05, 0.1) is 13.7 Å². The van der Waals surface area contributed by atoms with Crippen molar-refractivity contribution >= 4 is 5.82 Å². The number of nitrogens with zero attached hydrogens (tertiary/aromatic N) is 2. The van der Waals surface area contributed by atoms with Gasteiger partial charge in [-0.05, 0) is 12.1 Å². The van der Waals surface area contributed by atoms with Crippen molar-refractivity contribution in [3.05, 3.63) is 18.3 Å². The van der Waals surface area contributed by atoms with Crippen LogP contribution in [0.5, 0.6) is 5.75 Å². The van der Waals surface area contributed by atoms with E-state index < -0.39 is 13.0 Å². The van der Waals surface area contributed by atoms with Crippen LogP contribution >= 0.6 is 0 Å². The van der Waals surface area contributed by atoms with E-state index in [0.29, 0.717) is 18.1 Å². The van der Waals surface area contributed by atoms with Gasteiger partial charge in [-0.15, -0.1) is 0 Å². The zero-order valence-corrected chi connectivity index (χ0v) is 9.07. The van der Waals surface area contributed by atoms with Gasteiger partial charge in [0.15, 0.2) is 11.6 Å². The molecule has 1 rings (SSSR count). The summed E-state index contributed by atoms with van der Waals surface area (Å²) in [7, 11) is 1.48. The molecule has 0 atom stereocenters. The van der Waals surface area contributed by atoms with E-state index in [1.54, 1.807) is 12.1 Å². The lowest BCUT2D eigenvalue weighted by atomic mass is 10.3. The lowest BCUT2D eigenvalue weighted by Crippen LogP contribution is -2.34. The molecule has 0 spiro atoms. The third-order valence-electron chi connectivity index (χ3n) is 2.03. The highest BCUT2D eigenvalue weighted by Crippen LogP contribution is 2.24. The largest absolute Gasteiger partial charge is 0.493 e. The van der Waals surface area contributed by atoms with Gasteiger partial charge in [0, 0.05) is 19.3 Å². The van der Waals surface area contributed by atoms with Crippen LogP contribution in [0, 0.1) is 0 Å². The summed E-state index contributed by atoms with van der Waals surface area (Å²) >= 11 is 0. The third kappa shape index (κ3) is 3.30. The summed E-state index contributed by atoms with van der Waals surface area (Å²) in [5.74, 6) is 0.868. The minimum Gasteiger partial charge on any atom is -0.493 e. The molecule has 6 heteroatoms. The highest BCUT2D eigenvalue weighted by Gasteiger charge is 2.16. The molecule has 0 amide bonds. The molecule has 0 fully saturated rings. The number of nitrogens with two attached hydrogens (primary N) is 1. The molecule has 2 N–H and O–H groups in total. The number of aromatic nitrogens is 1. The van der Waals surface area contributed by atoms with E-state index in [-0.39, 0.29) is 6.54 Å². The van der Waals surface area contributed by atoms with Crippen molar-refractivity contribution in [3.8, 4) is 5.75 Å². The van der Waals surface area contributed by atoms with E-state index in [2.05, 4.69) is 4.98 Å². The molecule has 0 aromatic carbocycles. The number of hydrogen-bond donors (Lipinski definition) is 1. The third-order valence-corrected chi connectivity index (χ3v) is 2.03. The van der Waals surface area contributed by atoms with Crippen LogP contribution in [0.2, 0.25) is 0 Å². The molecular weight excluding hydrogens is 216 g/mol. The standard InChI is InChI=1S/C10H15F2N3O/c1-16-8-3-2-5-14-10(8)15(6-4-13)7-9(11)12/h2-3,5,9H,4,6-7,13H2,1H3. The van der Waals surface area contributed by atoms with Gasteiger partial charge in [-0.3, -0.25) is 0 Å². The van der Waals surface area contributed by atoms with E-state index in [1.807, 2.05) is 0 Å². The number of ether oxygens (including phenoxy) is 1. The Morgan fingerprint density at radius 2 is 2.31 bits per heavy atom. The fraction of sp³-hybridized carbons (Fsp3) is 0.500. The average Bonchev–Trinajstić information content (AvgIpc) is 2.28. The molecule has 0 bridgehead atoms. The first-order valence-corrected chi connectivity index (χ1v) is 4.91. The average molecular weight is 231 g/mol. The Bertz CT molecular complexity index is 323. The van der Waals surface area contributed by atoms with Crippen molar-refractivity contribution in [2.75, 3.05) is 31.6 Å². The van der Waals surface area contributed by atoms with Crippen LogP contribution in [-0.2, 0) is 0 Å². The molecule has 1 heterocycles. The minimum absolute atomic E-state index is 0.284. The van der Waals surface area contributed by atoms with Crippen LogP contribution in [-0.4, -0.2) is 38.2 Å². The van der Waals surface area contributed by atoms with E-state index in [4.69, 9.17) is 10.5 Å². The molecule has 1 aromatic heterocycles. The fourth-order valence-corrected chi connectivity index (χ4v) is 1.39. The summed E-state index contributed by atoms with van der Waals surface area (Å²) in [5.41, 5.74) is 5.38. The Balaban J connectivity index is 2.90. The first-order chi connectivity index (χ1) is 7.69. The monoisotopic (exact) mass is 231 g/mol. The molecule has 0 saturated carbocycles. The van der Waals surface area contributed by atoms with Crippen LogP contribution in [0.1, 0.15) is 0 Å². The number of pyridine rings is 1. The van der Waals surface area contributed by atoms with Gasteiger partial charge in [0.1, 0.15) is 0 Å². The maximum atomic E-state index is 12.4. The fourth-order valence-electron chi connectivity index (χ4n) is 1.39. The summed E-state index contributed by atoms with van der Waals surface area (Å²) in [6.07, 6.45) is -0.898. The second kappa shape index (κ2) is 6.22. The second-order valence-corrected chi connectivity index (χ2v) is 3.16. The van der Waals surface area contributed by atoms with Crippen molar-refractivity contribution in [1.29, 1.82) is 0 Å². The number of hydrogen-bond acceptors (Lipinski definition) is 4. The SMILES string of the molecule is COc1cccnc1N(CCN)CC(F)F. The Morgan fingerprint density at radius 3 is 2.88 bits per heavy atom. The van der Waals surface area contributed by atoms with Crippen molar-refractivity contribution in [2.45, 2.75) is 6.43 Å². The molecule has 0 radical (unpaired) electrons. The first-order valence-electron chi connectivity index (χ1n) is 4.91. The van der Waals surface area contributed by atoms with E-state index in [1.165, 1.54) is 18.2 Å². The number of halogens is 2. The Kier molecular flexibility index (Phi) is 4.91. The van der Waals surface area contributed by atoms with Gasteiger partial charge < -0.3 is 15.4 Å². The highest BCUT2D eigenvalue weighted by molar-refractivity contribution is 5.52. The maximum absolute atomic E-state index is 12.4. The van der Waals surface area contributed by atoms with Crippen LogP contribution < -0.4 is 15.4 Å². The van der Waals surface area contributed by atoms with Crippen LogP contribution in [0.3, 0.4) is 0 Å². The Labute approximate surface area is 93.0 Å². The zero-order valence-electron chi connectivity index (χ0n) is 9.07. The molecular formula is C10H15F2N3O. The van der Waals surface area contributed by atoms with E-state index in [9.17, 15) is 8.78 Å². The van der Waals surface area contributed by atoms with Crippen LogP contribution in [0.25, 0.3) is 0 Å². The molecule has 4 nitrogen and oxygen atoms in total. The molecule has 16 heavy (non-hydrogen) atoms. The number of alkyl halides is 2. The summed E-state index contributed by atoms with van der Waals surface area (Å²) in [6.45, 7) is 0.203. The second-order valence-electron chi connectivity index (χ2n) is 3.16. The highest BCUT2D eigenvalue weighted by atomic mass is 19.3. The van der Waals surface area contributed by atoms with Gasteiger partial charge in [-0.25, -0.2) is 13.8 Å². The molecule has 0 aliphatic rings. The van der Waals surface area contributed by atoms with Crippen molar-refractivity contribution in [2.24, 2.45) is 5.73 Å². The first kappa shape index (κ1) is 12.6. The van der Waals surface area contributed by atoms with Crippen molar-refractivity contribution in [3.63, 3.8) is 0 Å². The molecule has 1 aromatic rings.